The van der Waals surface area contributed by atoms with Crippen molar-refractivity contribution in [3.8, 4) is 0 Å². The van der Waals surface area contributed by atoms with Crippen LogP contribution in [0.4, 0.5) is 0 Å². The normalized spacial score (nSPS) is 13.6. The van der Waals surface area contributed by atoms with Gasteiger partial charge in [-0.3, -0.25) is 0 Å². The second-order valence-electron chi connectivity index (χ2n) is 5.08. The zero-order valence-corrected chi connectivity index (χ0v) is 11.9. The molecule has 0 aliphatic carbocycles. The van der Waals surface area contributed by atoms with E-state index in [1.54, 1.807) is 6.33 Å². The predicted octanol–water partition coefficient (Wildman–Crippen LogP) is 2.60. The molecule has 0 saturated heterocycles. The van der Waals surface area contributed by atoms with E-state index in [9.17, 15) is 0 Å². The van der Waals surface area contributed by atoms with E-state index in [1.165, 1.54) is 0 Å². The average Bonchev–Trinajstić information content (AvgIpc) is 2.71. The Morgan fingerprint density at radius 3 is 2.59 bits per heavy atom. The van der Waals surface area contributed by atoms with Crippen molar-refractivity contribution in [2.45, 2.75) is 52.7 Å². The van der Waals surface area contributed by atoms with Gasteiger partial charge in [-0.05, 0) is 26.2 Å². The van der Waals surface area contributed by atoms with Gasteiger partial charge in [-0.25, -0.2) is 9.67 Å². The summed E-state index contributed by atoms with van der Waals surface area (Å²) in [6, 6.07) is 0.683. The van der Waals surface area contributed by atoms with Gasteiger partial charge in [0, 0.05) is 18.0 Å². The maximum atomic E-state index is 5.95. The van der Waals surface area contributed by atoms with Gasteiger partial charge in [-0.1, -0.05) is 13.8 Å². The fourth-order valence-electron chi connectivity index (χ4n) is 1.84. The Balaban J connectivity index is 2.50. The minimum Gasteiger partial charge on any atom is -0.306 e. The minimum atomic E-state index is 0.342. The smallest absolute Gasteiger partial charge is 0.141 e. The molecular weight excluding hydrogens is 236 g/mol. The van der Waals surface area contributed by atoms with E-state index in [0.29, 0.717) is 23.9 Å². The van der Waals surface area contributed by atoms with Gasteiger partial charge in [0.05, 0.1) is 6.54 Å². The lowest BCUT2D eigenvalue weighted by Gasteiger charge is -2.18. The first-order valence-electron chi connectivity index (χ1n) is 6.22. The van der Waals surface area contributed by atoms with E-state index in [1.807, 2.05) is 4.68 Å². The number of nitrogens with one attached hydrogen (secondary N) is 1. The van der Waals surface area contributed by atoms with Gasteiger partial charge in [0.1, 0.15) is 12.2 Å². The lowest BCUT2D eigenvalue weighted by Crippen LogP contribution is -2.32. The van der Waals surface area contributed by atoms with Crippen molar-refractivity contribution in [2.24, 2.45) is 5.92 Å². The van der Waals surface area contributed by atoms with Gasteiger partial charge in [0.2, 0.25) is 0 Å². The standard InChI is InChI=1S/C12H23ClN4/c1-9(2)5-11(6-13)14-7-12-15-8-16-17(12)10(3)4/h8-11,14H,5-7H2,1-4H3. The second-order valence-corrected chi connectivity index (χ2v) is 5.38. The molecule has 17 heavy (non-hydrogen) atoms. The number of halogens is 1. The highest BCUT2D eigenvalue weighted by Crippen LogP contribution is 2.09. The number of alkyl halides is 1. The largest absolute Gasteiger partial charge is 0.306 e. The van der Waals surface area contributed by atoms with Gasteiger partial charge in [0.25, 0.3) is 0 Å². The quantitative estimate of drug-likeness (QED) is 0.765. The molecule has 4 nitrogen and oxygen atoms in total. The van der Waals surface area contributed by atoms with E-state index < -0.39 is 0 Å². The summed E-state index contributed by atoms with van der Waals surface area (Å²) < 4.78 is 1.94. The summed E-state index contributed by atoms with van der Waals surface area (Å²) in [6.45, 7) is 9.34. The van der Waals surface area contributed by atoms with E-state index in [2.05, 4.69) is 43.1 Å². The molecule has 1 aromatic heterocycles. The fraction of sp³-hybridized carbons (Fsp3) is 0.833. The fourth-order valence-corrected chi connectivity index (χ4v) is 2.07. The third-order valence-electron chi connectivity index (χ3n) is 2.63. The van der Waals surface area contributed by atoms with E-state index >= 15 is 0 Å². The maximum absolute atomic E-state index is 5.95. The lowest BCUT2D eigenvalue weighted by molar-refractivity contribution is 0.423. The van der Waals surface area contributed by atoms with Crippen LogP contribution in [0.1, 0.15) is 46.0 Å². The Hall–Kier alpha value is -0.610. The van der Waals surface area contributed by atoms with E-state index in [-0.39, 0.29) is 0 Å². The molecule has 1 N–H and O–H groups in total. The zero-order chi connectivity index (χ0) is 12.8. The Morgan fingerprint density at radius 1 is 1.35 bits per heavy atom. The van der Waals surface area contributed by atoms with Gasteiger partial charge >= 0.3 is 0 Å². The molecule has 1 heterocycles. The van der Waals surface area contributed by atoms with Crippen LogP contribution in [-0.4, -0.2) is 26.7 Å². The van der Waals surface area contributed by atoms with E-state index in [0.717, 1.165) is 18.8 Å². The van der Waals surface area contributed by atoms with Crippen LogP contribution < -0.4 is 5.32 Å². The van der Waals surface area contributed by atoms with Crippen molar-refractivity contribution in [3.05, 3.63) is 12.2 Å². The summed E-state index contributed by atoms with van der Waals surface area (Å²) in [5, 5.41) is 7.66. The zero-order valence-electron chi connectivity index (χ0n) is 11.2. The molecular formula is C12H23ClN4. The summed E-state index contributed by atoms with van der Waals surface area (Å²) in [7, 11) is 0. The van der Waals surface area contributed by atoms with Crippen molar-refractivity contribution in [1.82, 2.24) is 20.1 Å². The van der Waals surface area contributed by atoms with Gasteiger partial charge in [-0.15, -0.1) is 11.6 Å². The highest BCUT2D eigenvalue weighted by atomic mass is 35.5. The van der Waals surface area contributed by atoms with Crippen LogP contribution in [0, 0.1) is 5.92 Å². The molecule has 0 radical (unpaired) electrons. The Morgan fingerprint density at radius 2 is 2.06 bits per heavy atom. The van der Waals surface area contributed by atoms with Crippen molar-refractivity contribution in [3.63, 3.8) is 0 Å². The van der Waals surface area contributed by atoms with E-state index in [4.69, 9.17) is 11.6 Å². The molecule has 0 bridgehead atoms. The lowest BCUT2D eigenvalue weighted by atomic mass is 10.1. The Bertz CT molecular complexity index is 322. The third-order valence-corrected chi connectivity index (χ3v) is 3.00. The molecule has 1 unspecified atom stereocenters. The molecule has 1 atom stereocenters. The Labute approximate surface area is 109 Å². The van der Waals surface area contributed by atoms with Crippen molar-refractivity contribution in [2.75, 3.05) is 5.88 Å². The van der Waals surface area contributed by atoms with Crippen molar-refractivity contribution >= 4 is 11.6 Å². The number of hydrogen-bond donors (Lipinski definition) is 1. The highest BCUT2D eigenvalue weighted by molar-refractivity contribution is 6.18. The molecule has 0 spiro atoms. The molecule has 98 valence electrons. The number of aromatic nitrogens is 3. The first-order valence-corrected chi connectivity index (χ1v) is 6.75. The molecule has 5 heteroatoms. The van der Waals surface area contributed by atoms with Crippen molar-refractivity contribution < 1.29 is 0 Å². The third kappa shape index (κ3) is 4.64. The second kappa shape index (κ2) is 6.97. The highest BCUT2D eigenvalue weighted by Gasteiger charge is 2.12. The monoisotopic (exact) mass is 258 g/mol. The van der Waals surface area contributed by atoms with Crippen LogP contribution in [-0.2, 0) is 6.54 Å². The first-order chi connectivity index (χ1) is 8.04. The molecule has 0 aliphatic heterocycles. The summed E-state index contributed by atoms with van der Waals surface area (Å²) in [6.07, 6.45) is 2.69. The molecule has 1 rings (SSSR count). The summed E-state index contributed by atoms with van der Waals surface area (Å²) >= 11 is 5.95. The molecule has 1 aromatic rings. The topological polar surface area (TPSA) is 42.7 Å². The average molecular weight is 259 g/mol. The summed E-state index contributed by atoms with van der Waals surface area (Å²) in [5.74, 6) is 2.25. The first kappa shape index (κ1) is 14.5. The van der Waals surface area contributed by atoms with Crippen LogP contribution in [0.2, 0.25) is 0 Å². The van der Waals surface area contributed by atoms with Crippen LogP contribution in [0.3, 0.4) is 0 Å². The van der Waals surface area contributed by atoms with Gasteiger partial charge in [0.15, 0.2) is 0 Å². The van der Waals surface area contributed by atoms with Crippen LogP contribution in [0.5, 0.6) is 0 Å². The minimum absolute atomic E-state index is 0.342. The summed E-state index contributed by atoms with van der Waals surface area (Å²) in [5.41, 5.74) is 0. The summed E-state index contributed by atoms with van der Waals surface area (Å²) in [4.78, 5) is 4.27. The number of hydrogen-bond acceptors (Lipinski definition) is 3. The Kier molecular flexibility index (Phi) is 5.92. The van der Waals surface area contributed by atoms with Gasteiger partial charge in [-0.2, -0.15) is 5.10 Å². The molecule has 0 amide bonds. The SMILES string of the molecule is CC(C)CC(CCl)NCc1ncnn1C(C)C. The van der Waals surface area contributed by atoms with Crippen LogP contribution in [0.25, 0.3) is 0 Å². The molecule has 0 aliphatic rings. The predicted molar refractivity (Wildman–Crippen MR) is 71.2 cm³/mol. The molecule has 0 fully saturated rings. The number of nitrogens with zero attached hydrogens (tertiary/aromatic N) is 3. The maximum Gasteiger partial charge on any atom is 0.141 e. The molecule has 0 aromatic carbocycles. The van der Waals surface area contributed by atoms with Crippen molar-refractivity contribution in [1.29, 1.82) is 0 Å². The van der Waals surface area contributed by atoms with Crippen LogP contribution >= 0.6 is 11.6 Å². The molecule has 0 saturated carbocycles. The van der Waals surface area contributed by atoms with Gasteiger partial charge < -0.3 is 5.32 Å². The number of rotatable bonds is 7. The van der Waals surface area contributed by atoms with Crippen LogP contribution in [0.15, 0.2) is 6.33 Å².